The number of rotatable bonds is 2. The molecule has 4 nitrogen and oxygen atoms in total. The molecule has 0 bridgehead atoms. The molecule has 60 valence electrons. The summed E-state index contributed by atoms with van der Waals surface area (Å²) in [6.07, 6.45) is -0.218. The highest BCUT2D eigenvalue weighted by molar-refractivity contribution is 4.63. The monoisotopic (exact) mass is 147 g/mol. The van der Waals surface area contributed by atoms with E-state index in [2.05, 4.69) is 0 Å². The summed E-state index contributed by atoms with van der Waals surface area (Å²) in [6.45, 7) is 1.61. The zero-order valence-corrected chi connectivity index (χ0v) is 6.08. The molecule has 1 rings (SSSR count). The van der Waals surface area contributed by atoms with Crippen LogP contribution in [0.15, 0.2) is 0 Å². The van der Waals surface area contributed by atoms with Crippen LogP contribution in [-0.2, 0) is 14.2 Å². The van der Waals surface area contributed by atoms with Crippen LogP contribution in [0, 0.1) is 0 Å². The fourth-order valence-electron chi connectivity index (χ4n) is 0.790. The Morgan fingerprint density at radius 1 is 1.50 bits per heavy atom. The van der Waals surface area contributed by atoms with E-state index in [-0.39, 0.29) is 12.3 Å². The van der Waals surface area contributed by atoms with Gasteiger partial charge < -0.3 is 19.9 Å². The SMILES string of the molecule is COCC1OCC(N)CO1. The van der Waals surface area contributed by atoms with E-state index in [0.29, 0.717) is 19.8 Å². The highest BCUT2D eigenvalue weighted by Gasteiger charge is 2.18. The molecule has 0 radical (unpaired) electrons. The van der Waals surface area contributed by atoms with Crippen molar-refractivity contribution in [2.75, 3.05) is 26.9 Å². The van der Waals surface area contributed by atoms with Gasteiger partial charge in [0.05, 0.1) is 25.9 Å². The number of methoxy groups -OCH3 is 1. The van der Waals surface area contributed by atoms with Crippen molar-refractivity contribution in [2.24, 2.45) is 5.73 Å². The van der Waals surface area contributed by atoms with E-state index in [4.69, 9.17) is 19.9 Å². The quantitative estimate of drug-likeness (QED) is 0.563. The Balaban J connectivity index is 2.13. The molecule has 4 heteroatoms. The molecule has 1 saturated heterocycles. The van der Waals surface area contributed by atoms with Gasteiger partial charge in [0.2, 0.25) is 0 Å². The Kier molecular flexibility index (Phi) is 3.08. The Morgan fingerprint density at radius 2 is 2.10 bits per heavy atom. The van der Waals surface area contributed by atoms with Gasteiger partial charge in [0.25, 0.3) is 0 Å². The lowest BCUT2D eigenvalue weighted by atomic mass is 10.3. The van der Waals surface area contributed by atoms with E-state index in [1.54, 1.807) is 7.11 Å². The lowest BCUT2D eigenvalue weighted by Gasteiger charge is -2.26. The van der Waals surface area contributed by atoms with Gasteiger partial charge in [-0.05, 0) is 0 Å². The van der Waals surface area contributed by atoms with Gasteiger partial charge in [-0.15, -0.1) is 0 Å². The lowest BCUT2D eigenvalue weighted by Crippen LogP contribution is -2.42. The first-order valence-corrected chi connectivity index (χ1v) is 3.30. The maximum atomic E-state index is 5.50. The molecule has 0 unspecified atom stereocenters. The van der Waals surface area contributed by atoms with Crippen molar-refractivity contribution in [3.05, 3.63) is 0 Å². The Bertz CT molecular complexity index is 91.0. The maximum Gasteiger partial charge on any atom is 0.180 e. The fourth-order valence-corrected chi connectivity index (χ4v) is 0.790. The summed E-state index contributed by atoms with van der Waals surface area (Å²) in [5.41, 5.74) is 5.50. The van der Waals surface area contributed by atoms with Gasteiger partial charge >= 0.3 is 0 Å². The highest BCUT2D eigenvalue weighted by atomic mass is 16.7. The molecule has 0 aromatic rings. The van der Waals surface area contributed by atoms with Crippen molar-refractivity contribution < 1.29 is 14.2 Å². The van der Waals surface area contributed by atoms with E-state index in [0.717, 1.165) is 0 Å². The van der Waals surface area contributed by atoms with E-state index in [9.17, 15) is 0 Å². The summed E-state index contributed by atoms with van der Waals surface area (Å²) >= 11 is 0. The van der Waals surface area contributed by atoms with Crippen LogP contribution in [0.4, 0.5) is 0 Å². The van der Waals surface area contributed by atoms with Gasteiger partial charge in [-0.2, -0.15) is 0 Å². The molecule has 0 aliphatic carbocycles. The van der Waals surface area contributed by atoms with Gasteiger partial charge in [-0.1, -0.05) is 0 Å². The Hall–Kier alpha value is -0.160. The normalized spacial score (nSPS) is 34.2. The van der Waals surface area contributed by atoms with Crippen molar-refractivity contribution in [3.8, 4) is 0 Å². The zero-order chi connectivity index (χ0) is 7.40. The van der Waals surface area contributed by atoms with Crippen molar-refractivity contribution >= 4 is 0 Å². The van der Waals surface area contributed by atoms with Crippen LogP contribution >= 0.6 is 0 Å². The largest absolute Gasteiger partial charge is 0.379 e. The van der Waals surface area contributed by atoms with Crippen LogP contribution in [0.5, 0.6) is 0 Å². The molecule has 1 aliphatic heterocycles. The molecule has 0 spiro atoms. The van der Waals surface area contributed by atoms with Crippen LogP contribution in [0.3, 0.4) is 0 Å². The van der Waals surface area contributed by atoms with Crippen molar-refractivity contribution in [3.63, 3.8) is 0 Å². The van der Waals surface area contributed by atoms with Crippen LogP contribution in [-0.4, -0.2) is 39.3 Å². The topological polar surface area (TPSA) is 53.7 Å². The van der Waals surface area contributed by atoms with E-state index in [1.165, 1.54) is 0 Å². The Morgan fingerprint density at radius 3 is 2.60 bits per heavy atom. The van der Waals surface area contributed by atoms with Gasteiger partial charge in [0.15, 0.2) is 6.29 Å². The minimum absolute atomic E-state index is 0.0214. The summed E-state index contributed by atoms with van der Waals surface area (Å²) in [4.78, 5) is 0. The second-order valence-corrected chi connectivity index (χ2v) is 2.31. The smallest absolute Gasteiger partial charge is 0.180 e. The van der Waals surface area contributed by atoms with Gasteiger partial charge in [-0.3, -0.25) is 0 Å². The van der Waals surface area contributed by atoms with Gasteiger partial charge in [-0.25, -0.2) is 0 Å². The molecule has 1 fully saturated rings. The fraction of sp³-hybridized carbons (Fsp3) is 1.00. The first-order valence-electron chi connectivity index (χ1n) is 3.30. The van der Waals surface area contributed by atoms with Gasteiger partial charge in [0, 0.05) is 7.11 Å². The predicted octanol–water partition coefficient (Wildman–Crippen LogP) is -0.667. The molecule has 10 heavy (non-hydrogen) atoms. The second-order valence-electron chi connectivity index (χ2n) is 2.31. The van der Waals surface area contributed by atoms with Crippen molar-refractivity contribution in [1.82, 2.24) is 0 Å². The third kappa shape index (κ3) is 2.22. The first kappa shape index (κ1) is 7.94. The number of hydrogen-bond acceptors (Lipinski definition) is 4. The third-order valence-electron chi connectivity index (χ3n) is 1.30. The van der Waals surface area contributed by atoms with Gasteiger partial charge in [0.1, 0.15) is 0 Å². The van der Waals surface area contributed by atoms with Crippen LogP contribution in [0.2, 0.25) is 0 Å². The maximum absolute atomic E-state index is 5.50. The molecule has 0 aromatic carbocycles. The highest BCUT2D eigenvalue weighted by Crippen LogP contribution is 2.03. The summed E-state index contributed by atoms with van der Waals surface area (Å²) in [5.74, 6) is 0. The zero-order valence-electron chi connectivity index (χ0n) is 6.08. The molecular formula is C6H13NO3. The van der Waals surface area contributed by atoms with Crippen LogP contribution in [0.25, 0.3) is 0 Å². The Labute approximate surface area is 60.2 Å². The van der Waals surface area contributed by atoms with Crippen molar-refractivity contribution in [2.45, 2.75) is 12.3 Å². The molecule has 0 atom stereocenters. The van der Waals surface area contributed by atoms with Crippen LogP contribution < -0.4 is 5.73 Å². The molecule has 1 aliphatic rings. The molecule has 0 amide bonds. The average Bonchev–Trinajstić information content (AvgIpc) is 1.95. The predicted molar refractivity (Wildman–Crippen MR) is 35.5 cm³/mol. The van der Waals surface area contributed by atoms with Crippen molar-refractivity contribution in [1.29, 1.82) is 0 Å². The molecular weight excluding hydrogens is 134 g/mol. The third-order valence-corrected chi connectivity index (χ3v) is 1.30. The number of nitrogens with two attached hydrogens (primary N) is 1. The van der Waals surface area contributed by atoms with E-state index < -0.39 is 0 Å². The first-order chi connectivity index (χ1) is 4.83. The van der Waals surface area contributed by atoms with E-state index in [1.807, 2.05) is 0 Å². The molecule has 0 aromatic heterocycles. The average molecular weight is 147 g/mol. The minimum Gasteiger partial charge on any atom is -0.379 e. The summed E-state index contributed by atoms with van der Waals surface area (Å²) in [6, 6.07) is 0.0214. The lowest BCUT2D eigenvalue weighted by molar-refractivity contribution is -0.204. The summed E-state index contributed by atoms with van der Waals surface area (Å²) < 4.78 is 15.1. The second kappa shape index (κ2) is 3.88. The molecule has 0 saturated carbocycles. The number of hydrogen-bond donors (Lipinski definition) is 1. The minimum atomic E-state index is -0.218. The summed E-state index contributed by atoms with van der Waals surface area (Å²) in [7, 11) is 1.61. The molecule has 2 N–H and O–H groups in total. The summed E-state index contributed by atoms with van der Waals surface area (Å²) in [5, 5.41) is 0. The molecule has 1 heterocycles. The number of ether oxygens (including phenoxy) is 3. The van der Waals surface area contributed by atoms with Crippen LogP contribution in [0.1, 0.15) is 0 Å². The van der Waals surface area contributed by atoms with E-state index >= 15 is 0 Å². The standard InChI is InChI=1S/C6H13NO3/c1-8-4-6-9-2-5(7)3-10-6/h5-6H,2-4,7H2,1H3.